The first-order chi connectivity index (χ1) is 9.72. The van der Waals surface area contributed by atoms with Crippen molar-refractivity contribution in [3.8, 4) is 5.75 Å². The molecule has 3 aromatic rings. The van der Waals surface area contributed by atoms with Gasteiger partial charge >= 0.3 is 0 Å². The van der Waals surface area contributed by atoms with Crippen molar-refractivity contribution in [2.24, 2.45) is 0 Å². The fourth-order valence-corrected chi connectivity index (χ4v) is 2.77. The maximum atomic E-state index is 9.24. The van der Waals surface area contributed by atoms with Crippen LogP contribution < -0.4 is 11.1 Å². The largest absolute Gasteiger partial charge is 0.508 e. The van der Waals surface area contributed by atoms with Crippen molar-refractivity contribution in [2.45, 2.75) is 6.42 Å². The summed E-state index contributed by atoms with van der Waals surface area (Å²) in [5.74, 6) is 1.34. The average Bonchev–Trinajstić information content (AvgIpc) is 2.89. The second-order valence-electron chi connectivity index (χ2n) is 4.41. The topological polar surface area (TPSA) is 84.1 Å². The Morgan fingerprint density at radius 3 is 2.75 bits per heavy atom. The van der Waals surface area contributed by atoms with Crippen LogP contribution in [-0.2, 0) is 6.42 Å². The molecule has 0 aliphatic carbocycles. The highest BCUT2D eigenvalue weighted by Crippen LogP contribution is 2.25. The number of nitrogens with two attached hydrogens (primary N) is 1. The summed E-state index contributed by atoms with van der Waals surface area (Å²) in [6, 6.07) is 9.18. The van der Waals surface area contributed by atoms with Gasteiger partial charge in [-0.25, -0.2) is 4.98 Å². The molecule has 0 amide bonds. The number of nitrogens with zero attached hydrogens (tertiary/aromatic N) is 2. The molecule has 20 heavy (non-hydrogen) atoms. The van der Waals surface area contributed by atoms with E-state index in [1.165, 1.54) is 0 Å². The van der Waals surface area contributed by atoms with Gasteiger partial charge in [0.15, 0.2) is 0 Å². The van der Waals surface area contributed by atoms with Crippen LogP contribution >= 0.6 is 11.3 Å². The van der Waals surface area contributed by atoms with Crippen LogP contribution in [0.4, 0.5) is 11.8 Å². The van der Waals surface area contributed by atoms with Crippen molar-refractivity contribution in [3.63, 3.8) is 0 Å². The van der Waals surface area contributed by atoms with Crippen molar-refractivity contribution in [2.75, 3.05) is 17.6 Å². The number of hydrogen-bond acceptors (Lipinski definition) is 6. The number of hydrogen-bond donors (Lipinski definition) is 3. The minimum atomic E-state index is 0.283. The first kappa shape index (κ1) is 12.7. The van der Waals surface area contributed by atoms with Crippen LogP contribution in [0, 0.1) is 0 Å². The third kappa shape index (κ3) is 2.65. The van der Waals surface area contributed by atoms with E-state index in [4.69, 9.17) is 5.73 Å². The van der Waals surface area contributed by atoms with Gasteiger partial charge < -0.3 is 16.2 Å². The summed E-state index contributed by atoms with van der Waals surface area (Å²) in [5.41, 5.74) is 6.85. The second kappa shape index (κ2) is 5.34. The van der Waals surface area contributed by atoms with E-state index < -0.39 is 0 Å². The molecular formula is C14H14N4OS. The lowest BCUT2D eigenvalue weighted by Crippen LogP contribution is -2.08. The van der Waals surface area contributed by atoms with Gasteiger partial charge in [-0.05, 0) is 35.6 Å². The molecule has 0 saturated heterocycles. The molecule has 1 aromatic carbocycles. The zero-order valence-corrected chi connectivity index (χ0v) is 11.5. The molecule has 5 nitrogen and oxygen atoms in total. The van der Waals surface area contributed by atoms with Crippen LogP contribution in [0.15, 0.2) is 35.7 Å². The first-order valence-corrected chi connectivity index (χ1v) is 7.13. The molecule has 0 aliphatic rings. The molecule has 6 heteroatoms. The minimum Gasteiger partial charge on any atom is -0.508 e. The van der Waals surface area contributed by atoms with Crippen LogP contribution in [0.2, 0.25) is 0 Å². The van der Waals surface area contributed by atoms with Crippen molar-refractivity contribution < 1.29 is 5.11 Å². The monoisotopic (exact) mass is 286 g/mol. The fourth-order valence-electron chi connectivity index (χ4n) is 1.99. The number of aromatic nitrogens is 2. The minimum absolute atomic E-state index is 0.283. The number of thiophene rings is 1. The van der Waals surface area contributed by atoms with Gasteiger partial charge in [-0.15, -0.1) is 11.3 Å². The van der Waals surface area contributed by atoms with Gasteiger partial charge in [-0.1, -0.05) is 12.1 Å². The lowest BCUT2D eigenvalue weighted by Gasteiger charge is -2.07. The number of nitrogen functional groups attached to an aromatic ring is 1. The van der Waals surface area contributed by atoms with Crippen molar-refractivity contribution >= 4 is 33.3 Å². The molecule has 0 spiro atoms. The van der Waals surface area contributed by atoms with Gasteiger partial charge in [0, 0.05) is 6.54 Å². The number of anilines is 2. The highest BCUT2D eigenvalue weighted by Gasteiger charge is 2.06. The molecule has 0 bridgehead atoms. The molecule has 102 valence electrons. The Morgan fingerprint density at radius 2 is 1.95 bits per heavy atom. The number of aromatic hydroxyl groups is 1. The zero-order valence-electron chi connectivity index (χ0n) is 10.7. The highest BCUT2D eigenvalue weighted by molar-refractivity contribution is 7.16. The van der Waals surface area contributed by atoms with E-state index in [1.807, 2.05) is 23.6 Å². The van der Waals surface area contributed by atoms with Crippen LogP contribution in [0.3, 0.4) is 0 Å². The smallest absolute Gasteiger partial charge is 0.223 e. The van der Waals surface area contributed by atoms with Crippen LogP contribution in [0.5, 0.6) is 5.75 Å². The van der Waals surface area contributed by atoms with Gasteiger partial charge in [-0.3, -0.25) is 0 Å². The molecule has 0 atom stereocenters. The number of nitrogens with one attached hydrogen (secondary N) is 1. The SMILES string of the molecule is Nc1nc(NCCc2ccc(O)cc2)c2ccsc2n1. The van der Waals surface area contributed by atoms with Gasteiger partial charge in [0.25, 0.3) is 0 Å². The lowest BCUT2D eigenvalue weighted by atomic mass is 10.1. The van der Waals surface area contributed by atoms with Gasteiger partial charge in [0.1, 0.15) is 16.4 Å². The van der Waals surface area contributed by atoms with Gasteiger partial charge in [0.2, 0.25) is 5.95 Å². The molecule has 0 unspecified atom stereocenters. The Kier molecular flexibility index (Phi) is 3.39. The summed E-state index contributed by atoms with van der Waals surface area (Å²) < 4.78 is 0. The van der Waals surface area contributed by atoms with Gasteiger partial charge in [0.05, 0.1) is 5.39 Å². The third-order valence-electron chi connectivity index (χ3n) is 2.98. The molecule has 2 heterocycles. The molecule has 2 aromatic heterocycles. The van der Waals surface area contributed by atoms with E-state index in [0.29, 0.717) is 0 Å². The second-order valence-corrected chi connectivity index (χ2v) is 5.31. The van der Waals surface area contributed by atoms with E-state index in [-0.39, 0.29) is 11.7 Å². The normalized spacial score (nSPS) is 10.8. The summed E-state index contributed by atoms with van der Waals surface area (Å²) in [6.07, 6.45) is 0.843. The number of fused-ring (bicyclic) bond motifs is 1. The van der Waals surface area contributed by atoms with Crippen molar-refractivity contribution in [1.82, 2.24) is 9.97 Å². The zero-order chi connectivity index (χ0) is 13.9. The number of phenolic OH excluding ortho intramolecular Hbond substituents is 1. The van der Waals surface area contributed by atoms with Gasteiger partial charge in [-0.2, -0.15) is 4.98 Å². The predicted molar refractivity (Wildman–Crippen MR) is 82.1 cm³/mol. The molecule has 0 aliphatic heterocycles. The Balaban J connectivity index is 1.70. The molecule has 0 saturated carbocycles. The maximum Gasteiger partial charge on any atom is 0.223 e. The number of benzene rings is 1. The summed E-state index contributed by atoms with van der Waals surface area (Å²) >= 11 is 1.55. The standard InChI is InChI=1S/C14H14N4OS/c15-14-17-12(11-6-8-20-13(11)18-14)16-7-5-9-1-3-10(19)4-2-9/h1-4,6,8,19H,5,7H2,(H3,15,16,17,18). The van der Waals surface area contributed by atoms with Crippen LogP contribution in [-0.4, -0.2) is 21.6 Å². The van der Waals surface area contributed by atoms with E-state index >= 15 is 0 Å². The molecule has 0 radical (unpaired) electrons. The first-order valence-electron chi connectivity index (χ1n) is 6.25. The molecule has 3 rings (SSSR count). The highest BCUT2D eigenvalue weighted by atomic mass is 32.1. The van der Waals surface area contributed by atoms with E-state index in [2.05, 4.69) is 15.3 Å². The van der Waals surface area contributed by atoms with Crippen LogP contribution in [0.1, 0.15) is 5.56 Å². The Morgan fingerprint density at radius 1 is 1.15 bits per heavy atom. The predicted octanol–water partition coefficient (Wildman–Crippen LogP) is 2.63. The van der Waals surface area contributed by atoms with E-state index in [1.54, 1.807) is 23.5 Å². The Hall–Kier alpha value is -2.34. The van der Waals surface area contributed by atoms with Crippen molar-refractivity contribution in [3.05, 3.63) is 41.3 Å². The maximum absolute atomic E-state index is 9.24. The molecular weight excluding hydrogens is 272 g/mol. The lowest BCUT2D eigenvalue weighted by molar-refractivity contribution is 0.475. The average molecular weight is 286 g/mol. The summed E-state index contributed by atoms with van der Waals surface area (Å²) in [6.45, 7) is 0.742. The Bertz CT molecular complexity index is 724. The molecule has 4 N–H and O–H groups in total. The fraction of sp³-hybridized carbons (Fsp3) is 0.143. The summed E-state index contributed by atoms with van der Waals surface area (Å²) in [5, 5.41) is 15.5. The third-order valence-corrected chi connectivity index (χ3v) is 3.79. The Labute approximate surface area is 120 Å². The quantitative estimate of drug-likeness (QED) is 0.686. The summed E-state index contributed by atoms with van der Waals surface area (Å²) in [7, 11) is 0. The summed E-state index contributed by atoms with van der Waals surface area (Å²) in [4.78, 5) is 9.32. The number of phenols is 1. The van der Waals surface area contributed by atoms with Crippen LogP contribution in [0.25, 0.3) is 10.2 Å². The van der Waals surface area contributed by atoms with Crippen molar-refractivity contribution in [1.29, 1.82) is 0 Å². The number of rotatable bonds is 4. The molecule has 0 fully saturated rings. The van der Waals surface area contributed by atoms with E-state index in [9.17, 15) is 5.11 Å². The van der Waals surface area contributed by atoms with E-state index in [0.717, 1.165) is 34.6 Å².